The Morgan fingerprint density at radius 2 is 2.06 bits per heavy atom. The van der Waals surface area contributed by atoms with Crippen LogP contribution < -0.4 is 0 Å². The number of carboxylic acids is 1. The van der Waals surface area contributed by atoms with Gasteiger partial charge in [0, 0.05) is 30.4 Å². The highest BCUT2D eigenvalue weighted by molar-refractivity contribution is 5.88. The lowest BCUT2D eigenvalue weighted by Gasteiger charge is -2.33. The van der Waals surface area contributed by atoms with Crippen LogP contribution in [0.25, 0.3) is 5.70 Å². The van der Waals surface area contributed by atoms with E-state index in [1.807, 2.05) is 12.1 Å². The Bertz CT molecular complexity index is 548. The third kappa shape index (κ3) is 2.02. The van der Waals surface area contributed by atoms with Gasteiger partial charge in [0.2, 0.25) is 0 Å². The Morgan fingerprint density at radius 1 is 1.28 bits per heavy atom. The minimum atomic E-state index is -0.820. The maximum absolute atomic E-state index is 11.0. The van der Waals surface area contributed by atoms with Crippen molar-refractivity contribution in [1.82, 2.24) is 4.90 Å². The number of carboxylic acid groups (broad SMARTS) is 1. The van der Waals surface area contributed by atoms with Crippen LogP contribution >= 0.6 is 12.4 Å². The standard InChI is InChI=1S/C14H13NO2.ClH/c16-14(17)11-5-6-13-12-4-2-1-3-10(12)7-8-15(13)9-11;/h1-4,6,9H,5,7-8H2,(H,16,17);1H. The zero-order valence-corrected chi connectivity index (χ0v) is 10.6. The number of hydrogen-bond acceptors (Lipinski definition) is 2. The Morgan fingerprint density at radius 3 is 2.83 bits per heavy atom. The summed E-state index contributed by atoms with van der Waals surface area (Å²) < 4.78 is 0. The van der Waals surface area contributed by atoms with Gasteiger partial charge in [0.1, 0.15) is 0 Å². The minimum Gasteiger partial charge on any atom is -0.478 e. The van der Waals surface area contributed by atoms with Crippen molar-refractivity contribution in [2.45, 2.75) is 12.8 Å². The van der Waals surface area contributed by atoms with Crippen LogP contribution in [0.15, 0.2) is 42.1 Å². The van der Waals surface area contributed by atoms with Crippen molar-refractivity contribution in [1.29, 1.82) is 0 Å². The Labute approximate surface area is 112 Å². The van der Waals surface area contributed by atoms with E-state index >= 15 is 0 Å². The van der Waals surface area contributed by atoms with Crippen molar-refractivity contribution < 1.29 is 9.90 Å². The molecule has 0 amide bonds. The van der Waals surface area contributed by atoms with Crippen molar-refractivity contribution in [2.24, 2.45) is 0 Å². The molecule has 94 valence electrons. The molecule has 3 nitrogen and oxygen atoms in total. The van der Waals surface area contributed by atoms with Crippen LogP contribution in [-0.4, -0.2) is 22.5 Å². The second kappa shape index (κ2) is 4.86. The molecule has 0 aromatic heterocycles. The number of fused-ring (bicyclic) bond motifs is 3. The van der Waals surface area contributed by atoms with E-state index in [9.17, 15) is 4.79 Å². The fourth-order valence-corrected chi connectivity index (χ4v) is 2.46. The summed E-state index contributed by atoms with van der Waals surface area (Å²) in [4.78, 5) is 13.0. The smallest absolute Gasteiger partial charge is 0.333 e. The maximum atomic E-state index is 11.0. The highest BCUT2D eigenvalue weighted by Crippen LogP contribution is 2.32. The second-order valence-electron chi connectivity index (χ2n) is 4.35. The number of rotatable bonds is 1. The summed E-state index contributed by atoms with van der Waals surface area (Å²) in [6, 6.07) is 8.33. The molecule has 0 atom stereocenters. The van der Waals surface area contributed by atoms with Crippen LogP contribution in [0.3, 0.4) is 0 Å². The van der Waals surface area contributed by atoms with Gasteiger partial charge in [0.05, 0.1) is 5.57 Å². The number of halogens is 1. The van der Waals surface area contributed by atoms with E-state index in [0.717, 1.165) is 18.7 Å². The van der Waals surface area contributed by atoms with Gasteiger partial charge in [-0.25, -0.2) is 4.79 Å². The van der Waals surface area contributed by atoms with E-state index in [-0.39, 0.29) is 12.4 Å². The van der Waals surface area contributed by atoms with Gasteiger partial charge in [-0.2, -0.15) is 0 Å². The molecule has 0 bridgehead atoms. The maximum Gasteiger partial charge on any atom is 0.333 e. The van der Waals surface area contributed by atoms with Crippen LogP contribution in [0, 0.1) is 0 Å². The summed E-state index contributed by atoms with van der Waals surface area (Å²) in [5.74, 6) is -0.820. The van der Waals surface area contributed by atoms with Gasteiger partial charge in [-0.05, 0) is 12.0 Å². The van der Waals surface area contributed by atoms with Crippen LogP contribution in [0.2, 0.25) is 0 Å². The van der Waals surface area contributed by atoms with Crippen LogP contribution in [-0.2, 0) is 11.2 Å². The number of hydrogen-bond donors (Lipinski definition) is 1. The molecule has 3 rings (SSSR count). The molecular formula is C14H14ClNO2. The first-order valence-corrected chi connectivity index (χ1v) is 5.75. The molecule has 1 aromatic rings. The zero-order chi connectivity index (χ0) is 11.8. The molecule has 0 radical (unpaired) electrons. The molecule has 4 heteroatoms. The highest BCUT2D eigenvalue weighted by atomic mass is 35.5. The zero-order valence-electron chi connectivity index (χ0n) is 9.80. The number of nitrogens with zero attached hydrogens (tertiary/aromatic N) is 1. The average Bonchev–Trinajstić information content (AvgIpc) is 2.38. The van der Waals surface area contributed by atoms with Crippen LogP contribution in [0.1, 0.15) is 17.5 Å². The fraction of sp³-hybridized carbons (Fsp3) is 0.214. The van der Waals surface area contributed by atoms with E-state index < -0.39 is 5.97 Å². The van der Waals surface area contributed by atoms with Gasteiger partial charge in [-0.3, -0.25) is 0 Å². The summed E-state index contributed by atoms with van der Waals surface area (Å²) in [7, 11) is 0. The molecule has 0 spiro atoms. The molecule has 2 aliphatic heterocycles. The minimum absolute atomic E-state index is 0. The third-order valence-corrected chi connectivity index (χ3v) is 3.33. The first kappa shape index (κ1) is 12.7. The Balaban J connectivity index is 0.00000120. The van der Waals surface area contributed by atoms with Crippen molar-refractivity contribution in [3.05, 3.63) is 53.2 Å². The molecule has 0 saturated heterocycles. The van der Waals surface area contributed by atoms with Gasteiger partial charge >= 0.3 is 5.97 Å². The lowest BCUT2D eigenvalue weighted by molar-refractivity contribution is -0.132. The number of allylic oxidation sites excluding steroid dienone is 1. The first-order valence-electron chi connectivity index (χ1n) is 5.75. The number of benzene rings is 1. The summed E-state index contributed by atoms with van der Waals surface area (Å²) in [6.45, 7) is 0.861. The van der Waals surface area contributed by atoms with Crippen molar-refractivity contribution >= 4 is 24.1 Å². The molecule has 0 unspecified atom stereocenters. The average molecular weight is 264 g/mol. The molecule has 2 aliphatic rings. The predicted octanol–water partition coefficient (Wildman–Crippen LogP) is 2.68. The van der Waals surface area contributed by atoms with Crippen molar-refractivity contribution in [3.63, 3.8) is 0 Å². The second-order valence-corrected chi connectivity index (χ2v) is 4.35. The van der Waals surface area contributed by atoms with Gasteiger partial charge in [-0.1, -0.05) is 30.3 Å². The van der Waals surface area contributed by atoms with Gasteiger partial charge in [0.25, 0.3) is 0 Å². The van der Waals surface area contributed by atoms with Crippen molar-refractivity contribution in [3.8, 4) is 0 Å². The van der Waals surface area contributed by atoms with Gasteiger partial charge in [0.15, 0.2) is 0 Å². The largest absolute Gasteiger partial charge is 0.478 e. The monoisotopic (exact) mass is 263 g/mol. The summed E-state index contributed by atoms with van der Waals surface area (Å²) in [5, 5.41) is 9.00. The molecule has 0 fully saturated rings. The number of carbonyl (C=O) groups is 1. The van der Waals surface area contributed by atoms with E-state index in [0.29, 0.717) is 12.0 Å². The Kier molecular flexibility index (Phi) is 3.43. The van der Waals surface area contributed by atoms with E-state index in [1.54, 1.807) is 6.20 Å². The summed E-state index contributed by atoms with van der Waals surface area (Å²) >= 11 is 0. The molecular weight excluding hydrogens is 250 g/mol. The van der Waals surface area contributed by atoms with Gasteiger partial charge in [-0.15, -0.1) is 12.4 Å². The quantitative estimate of drug-likeness (QED) is 0.847. The summed E-state index contributed by atoms with van der Waals surface area (Å²) in [6.07, 6.45) is 5.27. The molecule has 18 heavy (non-hydrogen) atoms. The van der Waals surface area contributed by atoms with Crippen LogP contribution in [0.4, 0.5) is 0 Å². The highest BCUT2D eigenvalue weighted by Gasteiger charge is 2.23. The summed E-state index contributed by atoms with van der Waals surface area (Å²) in [5.41, 5.74) is 4.20. The first-order chi connectivity index (χ1) is 8.25. The van der Waals surface area contributed by atoms with Crippen molar-refractivity contribution in [2.75, 3.05) is 6.54 Å². The Hall–Kier alpha value is -1.74. The van der Waals surface area contributed by atoms with E-state index in [1.165, 1.54) is 11.1 Å². The normalized spacial score (nSPS) is 16.8. The molecule has 0 saturated carbocycles. The lowest BCUT2D eigenvalue weighted by atomic mass is 9.93. The molecule has 2 heterocycles. The molecule has 1 aromatic carbocycles. The third-order valence-electron chi connectivity index (χ3n) is 3.33. The van der Waals surface area contributed by atoms with E-state index in [4.69, 9.17) is 5.11 Å². The molecule has 1 N–H and O–H groups in total. The van der Waals surface area contributed by atoms with Crippen LogP contribution in [0.5, 0.6) is 0 Å². The van der Waals surface area contributed by atoms with Gasteiger partial charge < -0.3 is 10.0 Å². The topological polar surface area (TPSA) is 40.5 Å². The van der Waals surface area contributed by atoms with E-state index in [2.05, 4.69) is 23.1 Å². The molecule has 0 aliphatic carbocycles. The lowest BCUT2D eigenvalue weighted by Crippen LogP contribution is -2.28. The predicted molar refractivity (Wildman–Crippen MR) is 72.4 cm³/mol. The number of aliphatic carboxylic acids is 1. The SMILES string of the molecule is Cl.O=C(O)C1=CN2CCc3ccccc3C2=CC1. The fourth-order valence-electron chi connectivity index (χ4n) is 2.46.